The molecule has 1 aliphatic carbocycles. The Morgan fingerprint density at radius 1 is 1.33 bits per heavy atom. The minimum atomic E-state index is 0.820. The van der Waals surface area contributed by atoms with Crippen LogP contribution < -0.4 is 0 Å². The molecule has 1 heterocycles. The normalized spacial score (nSPS) is 17.0. The van der Waals surface area contributed by atoms with Crippen LogP contribution in [0.4, 0.5) is 0 Å². The van der Waals surface area contributed by atoms with E-state index in [9.17, 15) is 0 Å². The third-order valence-electron chi connectivity index (χ3n) is 2.56. The Morgan fingerprint density at radius 3 is 3.08 bits per heavy atom. The Labute approximate surface area is 71.4 Å². The second-order valence-electron chi connectivity index (χ2n) is 3.48. The summed E-state index contributed by atoms with van der Waals surface area (Å²) in [4.78, 5) is 3.19. The summed E-state index contributed by atoms with van der Waals surface area (Å²) in [5, 5.41) is 1.29. The van der Waals surface area contributed by atoms with Crippen LogP contribution in [-0.2, 0) is 0 Å². The number of fused-ring (bicyclic) bond motifs is 1. The van der Waals surface area contributed by atoms with Crippen molar-refractivity contribution in [3.63, 3.8) is 0 Å². The van der Waals surface area contributed by atoms with Crippen LogP contribution in [0, 0.1) is 6.07 Å². The highest BCUT2D eigenvalue weighted by atomic mass is 14.7. The summed E-state index contributed by atoms with van der Waals surface area (Å²) < 4.78 is 0. The molecular weight excluding hydrogens is 146 g/mol. The van der Waals surface area contributed by atoms with Gasteiger partial charge in [-0.2, -0.15) is 0 Å². The van der Waals surface area contributed by atoms with Crippen LogP contribution >= 0.6 is 0 Å². The standard InChI is InChI=1S/C11H10N/c1-2-9(8-4-5-8)10-6-7-12-11(10)3-1/h1-3,7-8,12H,4-5H2. The number of hydrogen-bond donors (Lipinski definition) is 1. The van der Waals surface area contributed by atoms with Gasteiger partial charge in [-0.15, -0.1) is 0 Å². The molecule has 1 nitrogen and oxygen atoms in total. The Hall–Kier alpha value is -1.24. The zero-order chi connectivity index (χ0) is 7.97. The lowest BCUT2D eigenvalue weighted by Crippen LogP contribution is -1.79. The first-order valence-corrected chi connectivity index (χ1v) is 4.43. The molecule has 0 saturated heterocycles. The number of nitrogens with one attached hydrogen (secondary N) is 1. The van der Waals surface area contributed by atoms with Gasteiger partial charge < -0.3 is 4.98 Å². The van der Waals surface area contributed by atoms with Gasteiger partial charge in [-0.05, 0) is 30.4 Å². The number of hydrogen-bond acceptors (Lipinski definition) is 0. The topological polar surface area (TPSA) is 15.8 Å². The molecule has 1 heteroatoms. The summed E-state index contributed by atoms with van der Waals surface area (Å²) >= 11 is 0. The largest absolute Gasteiger partial charge is 0.361 e. The van der Waals surface area contributed by atoms with Crippen molar-refractivity contribution in [1.29, 1.82) is 0 Å². The van der Waals surface area contributed by atoms with Gasteiger partial charge in [0.25, 0.3) is 0 Å². The van der Waals surface area contributed by atoms with Crippen molar-refractivity contribution in [2.75, 3.05) is 0 Å². The first-order chi connectivity index (χ1) is 5.95. The monoisotopic (exact) mass is 156 g/mol. The van der Waals surface area contributed by atoms with Crippen LogP contribution in [0.15, 0.2) is 24.4 Å². The molecule has 0 aliphatic heterocycles. The predicted octanol–water partition coefficient (Wildman–Crippen LogP) is 2.85. The third kappa shape index (κ3) is 0.795. The molecule has 0 atom stereocenters. The smallest absolute Gasteiger partial charge is 0.0463 e. The van der Waals surface area contributed by atoms with E-state index >= 15 is 0 Å². The van der Waals surface area contributed by atoms with Gasteiger partial charge in [-0.25, -0.2) is 0 Å². The summed E-state index contributed by atoms with van der Waals surface area (Å²) in [7, 11) is 0. The van der Waals surface area contributed by atoms with E-state index in [4.69, 9.17) is 0 Å². The number of aromatic amines is 1. The quantitative estimate of drug-likeness (QED) is 0.653. The predicted molar refractivity (Wildman–Crippen MR) is 49.1 cm³/mol. The maximum Gasteiger partial charge on any atom is 0.0463 e. The molecule has 1 fully saturated rings. The molecule has 1 aromatic carbocycles. The average molecular weight is 156 g/mol. The van der Waals surface area contributed by atoms with Crippen molar-refractivity contribution >= 4 is 10.9 Å². The van der Waals surface area contributed by atoms with Gasteiger partial charge in [0.1, 0.15) is 0 Å². The summed E-state index contributed by atoms with van der Waals surface area (Å²) in [6, 6.07) is 9.71. The van der Waals surface area contributed by atoms with E-state index in [1.807, 2.05) is 6.20 Å². The molecule has 1 aromatic heterocycles. The molecule has 1 N–H and O–H groups in total. The SMILES string of the molecule is [c]1c[nH]c2cccc(C3CC3)c12. The molecule has 59 valence electrons. The first kappa shape index (κ1) is 6.30. The minimum Gasteiger partial charge on any atom is -0.361 e. The number of rotatable bonds is 1. The van der Waals surface area contributed by atoms with E-state index in [1.165, 1.54) is 29.3 Å². The summed E-state index contributed by atoms with van der Waals surface area (Å²) in [5.41, 5.74) is 2.70. The van der Waals surface area contributed by atoms with Crippen molar-refractivity contribution in [2.45, 2.75) is 18.8 Å². The van der Waals surface area contributed by atoms with Crippen LogP contribution in [0.2, 0.25) is 0 Å². The van der Waals surface area contributed by atoms with Gasteiger partial charge in [0.05, 0.1) is 0 Å². The highest BCUT2D eigenvalue weighted by Gasteiger charge is 2.25. The molecule has 0 bridgehead atoms. The van der Waals surface area contributed by atoms with Crippen LogP contribution in [0.3, 0.4) is 0 Å². The zero-order valence-electron chi connectivity index (χ0n) is 6.80. The highest BCUT2D eigenvalue weighted by Crippen LogP contribution is 2.42. The van der Waals surface area contributed by atoms with Gasteiger partial charge >= 0.3 is 0 Å². The molecular formula is C11H10N. The second kappa shape index (κ2) is 2.13. The van der Waals surface area contributed by atoms with Gasteiger partial charge in [0.15, 0.2) is 0 Å². The Kier molecular flexibility index (Phi) is 1.12. The van der Waals surface area contributed by atoms with Gasteiger partial charge in [-0.1, -0.05) is 12.1 Å². The zero-order valence-corrected chi connectivity index (χ0v) is 6.80. The Bertz CT molecular complexity index is 410. The van der Waals surface area contributed by atoms with Crippen LogP contribution in [-0.4, -0.2) is 4.98 Å². The molecule has 0 spiro atoms. The summed E-state index contributed by atoms with van der Waals surface area (Å²) in [6.45, 7) is 0. The average Bonchev–Trinajstić information content (AvgIpc) is 2.82. The minimum absolute atomic E-state index is 0.820. The lowest BCUT2D eigenvalue weighted by Gasteiger charge is -1.98. The van der Waals surface area contributed by atoms with Crippen molar-refractivity contribution in [3.8, 4) is 0 Å². The fourth-order valence-electron chi connectivity index (χ4n) is 1.77. The maximum atomic E-state index is 3.25. The first-order valence-electron chi connectivity index (χ1n) is 4.43. The van der Waals surface area contributed by atoms with Crippen molar-refractivity contribution in [3.05, 3.63) is 36.0 Å². The fraction of sp³-hybridized carbons (Fsp3) is 0.273. The summed E-state index contributed by atoms with van der Waals surface area (Å²) in [6.07, 6.45) is 4.62. The second-order valence-corrected chi connectivity index (χ2v) is 3.48. The number of H-pyrrole nitrogens is 1. The molecule has 12 heavy (non-hydrogen) atoms. The van der Waals surface area contributed by atoms with E-state index < -0.39 is 0 Å². The van der Waals surface area contributed by atoms with Crippen molar-refractivity contribution < 1.29 is 0 Å². The van der Waals surface area contributed by atoms with Crippen LogP contribution in [0.5, 0.6) is 0 Å². The lowest BCUT2D eigenvalue weighted by molar-refractivity contribution is 1.15. The molecule has 3 rings (SSSR count). The van der Waals surface area contributed by atoms with Gasteiger partial charge in [0.2, 0.25) is 0 Å². The molecule has 0 unspecified atom stereocenters. The molecule has 1 radical (unpaired) electrons. The Morgan fingerprint density at radius 2 is 2.25 bits per heavy atom. The van der Waals surface area contributed by atoms with E-state index in [2.05, 4.69) is 29.2 Å². The van der Waals surface area contributed by atoms with Gasteiger partial charge in [0, 0.05) is 23.2 Å². The van der Waals surface area contributed by atoms with Crippen molar-refractivity contribution in [2.24, 2.45) is 0 Å². The number of benzene rings is 1. The molecule has 0 amide bonds. The summed E-state index contributed by atoms with van der Waals surface area (Å²) in [5.74, 6) is 0.820. The molecule has 1 aliphatic rings. The van der Waals surface area contributed by atoms with E-state index in [-0.39, 0.29) is 0 Å². The third-order valence-corrected chi connectivity index (χ3v) is 2.56. The van der Waals surface area contributed by atoms with Crippen LogP contribution in [0.25, 0.3) is 10.9 Å². The van der Waals surface area contributed by atoms with Crippen molar-refractivity contribution in [1.82, 2.24) is 4.98 Å². The van der Waals surface area contributed by atoms with E-state index in [0.29, 0.717) is 0 Å². The maximum absolute atomic E-state index is 3.25. The lowest BCUT2D eigenvalue weighted by atomic mass is 10.1. The molecule has 2 aromatic rings. The Balaban J connectivity index is 2.32. The van der Waals surface area contributed by atoms with Gasteiger partial charge in [-0.3, -0.25) is 0 Å². The fourth-order valence-corrected chi connectivity index (χ4v) is 1.77. The van der Waals surface area contributed by atoms with Crippen LogP contribution in [0.1, 0.15) is 24.3 Å². The number of aromatic nitrogens is 1. The van der Waals surface area contributed by atoms with E-state index in [0.717, 1.165) is 5.92 Å². The highest BCUT2D eigenvalue weighted by molar-refractivity contribution is 5.83. The van der Waals surface area contributed by atoms with E-state index in [1.54, 1.807) is 0 Å². The molecule has 1 saturated carbocycles.